The second-order valence-electron chi connectivity index (χ2n) is 7.29. The van der Waals surface area contributed by atoms with Gasteiger partial charge in [0.15, 0.2) is 0 Å². The van der Waals surface area contributed by atoms with Gasteiger partial charge in [-0.2, -0.15) is 0 Å². The third-order valence-corrected chi connectivity index (χ3v) is 5.84. The molecule has 0 radical (unpaired) electrons. The average molecular weight is 475 g/mol. The van der Waals surface area contributed by atoms with Gasteiger partial charge in [0.25, 0.3) is 11.8 Å². The van der Waals surface area contributed by atoms with Gasteiger partial charge in [-0.1, -0.05) is 16.9 Å². The molecule has 2 aromatic heterocycles. The molecule has 0 aliphatic carbocycles. The van der Waals surface area contributed by atoms with Gasteiger partial charge in [0.05, 0.1) is 18.4 Å². The van der Waals surface area contributed by atoms with Crippen molar-refractivity contribution in [2.45, 2.75) is 17.7 Å². The van der Waals surface area contributed by atoms with Crippen molar-refractivity contribution in [3.05, 3.63) is 95.5 Å². The molecule has 0 aliphatic rings. The predicted molar refractivity (Wildman–Crippen MR) is 130 cm³/mol. The number of nitrogens with zero attached hydrogens (tertiary/aromatic N) is 2. The topological polar surface area (TPSA) is 106 Å². The number of aromatic nitrogens is 2. The van der Waals surface area contributed by atoms with Crippen LogP contribution in [-0.2, 0) is 5.75 Å². The molecule has 0 aliphatic heterocycles. The fraction of sp³-hybridized carbons (Fsp3) is 0.120. The van der Waals surface area contributed by atoms with E-state index in [1.165, 1.54) is 11.8 Å². The molecule has 4 aromatic rings. The third kappa shape index (κ3) is 5.81. The van der Waals surface area contributed by atoms with Crippen molar-refractivity contribution in [2.75, 3.05) is 17.7 Å². The van der Waals surface area contributed by atoms with Crippen LogP contribution in [-0.4, -0.2) is 29.1 Å². The Morgan fingerprint density at radius 2 is 1.65 bits per heavy atom. The maximum absolute atomic E-state index is 12.9. The number of thioether (sulfide) groups is 1. The number of nitrogens with one attached hydrogen (secondary N) is 2. The highest BCUT2D eigenvalue weighted by Gasteiger charge is 2.15. The number of carbonyl (C=O) groups excluding carboxylic acids is 2. The van der Waals surface area contributed by atoms with E-state index in [-0.39, 0.29) is 11.8 Å². The average Bonchev–Trinajstić information content (AvgIpc) is 3.28. The van der Waals surface area contributed by atoms with E-state index in [9.17, 15) is 9.59 Å². The van der Waals surface area contributed by atoms with Crippen molar-refractivity contribution in [3.8, 4) is 5.75 Å². The normalized spacial score (nSPS) is 10.5. The molecule has 0 fully saturated rings. The molecule has 34 heavy (non-hydrogen) atoms. The number of hydrogen-bond donors (Lipinski definition) is 2. The Morgan fingerprint density at radius 3 is 2.29 bits per heavy atom. The summed E-state index contributed by atoms with van der Waals surface area (Å²) in [5.41, 5.74) is 2.93. The minimum atomic E-state index is -0.289. The van der Waals surface area contributed by atoms with Crippen LogP contribution in [0.25, 0.3) is 0 Å². The molecule has 2 amide bonds. The minimum Gasteiger partial charge on any atom is -0.497 e. The van der Waals surface area contributed by atoms with Crippen molar-refractivity contribution in [1.82, 2.24) is 10.1 Å². The largest absolute Gasteiger partial charge is 0.497 e. The quantitative estimate of drug-likeness (QED) is 0.339. The van der Waals surface area contributed by atoms with Gasteiger partial charge in [0, 0.05) is 35.0 Å². The lowest BCUT2D eigenvalue weighted by atomic mass is 10.1. The van der Waals surface area contributed by atoms with Crippen LogP contribution < -0.4 is 15.4 Å². The van der Waals surface area contributed by atoms with Crippen LogP contribution in [0, 0.1) is 6.92 Å². The number of carbonyl (C=O) groups is 2. The van der Waals surface area contributed by atoms with Gasteiger partial charge in [-0.15, -0.1) is 0 Å². The molecule has 2 N–H and O–H groups in total. The van der Waals surface area contributed by atoms with Crippen LogP contribution in [0.5, 0.6) is 5.75 Å². The van der Waals surface area contributed by atoms with Gasteiger partial charge in [0.2, 0.25) is 0 Å². The minimum absolute atomic E-state index is 0.253. The molecule has 0 spiro atoms. The highest BCUT2D eigenvalue weighted by Crippen LogP contribution is 2.25. The Bertz CT molecular complexity index is 1290. The summed E-state index contributed by atoms with van der Waals surface area (Å²) >= 11 is 1.41. The van der Waals surface area contributed by atoms with Crippen LogP contribution in [0.1, 0.15) is 32.2 Å². The molecule has 0 atom stereocenters. The van der Waals surface area contributed by atoms with Crippen LogP contribution in [0.3, 0.4) is 0 Å². The summed E-state index contributed by atoms with van der Waals surface area (Å²) in [6.07, 6.45) is 1.64. The van der Waals surface area contributed by atoms with E-state index >= 15 is 0 Å². The van der Waals surface area contributed by atoms with Gasteiger partial charge in [-0.25, -0.2) is 4.98 Å². The fourth-order valence-corrected chi connectivity index (χ4v) is 3.96. The molecule has 0 saturated heterocycles. The van der Waals surface area contributed by atoms with Gasteiger partial charge < -0.3 is 19.9 Å². The second kappa shape index (κ2) is 10.7. The fourth-order valence-electron chi connectivity index (χ4n) is 3.09. The molecule has 172 valence electrons. The Hall–Kier alpha value is -4.11. The van der Waals surface area contributed by atoms with Crippen molar-refractivity contribution in [3.63, 3.8) is 0 Å². The number of anilines is 2. The van der Waals surface area contributed by atoms with Gasteiger partial charge in [0.1, 0.15) is 16.5 Å². The monoisotopic (exact) mass is 474 g/mol. The van der Waals surface area contributed by atoms with Crippen molar-refractivity contribution in [2.24, 2.45) is 0 Å². The number of methoxy groups -OCH3 is 1. The first-order valence-electron chi connectivity index (χ1n) is 10.4. The summed E-state index contributed by atoms with van der Waals surface area (Å²) in [6, 6.07) is 19.0. The highest BCUT2D eigenvalue weighted by atomic mass is 32.2. The molecule has 0 unspecified atom stereocenters. The van der Waals surface area contributed by atoms with Crippen molar-refractivity contribution < 1.29 is 18.8 Å². The lowest BCUT2D eigenvalue weighted by Crippen LogP contribution is -2.14. The van der Waals surface area contributed by atoms with E-state index in [1.807, 2.05) is 13.0 Å². The van der Waals surface area contributed by atoms with E-state index in [4.69, 9.17) is 9.26 Å². The maximum Gasteiger partial charge on any atom is 0.258 e. The van der Waals surface area contributed by atoms with Crippen molar-refractivity contribution >= 4 is 35.0 Å². The molecule has 0 saturated carbocycles. The summed E-state index contributed by atoms with van der Waals surface area (Å²) in [5.74, 6) is 1.43. The standard InChI is InChI=1S/C25H22N4O4S/c1-16-14-20(29-33-16)15-34-25-22(4-3-13-26-25)24(31)28-18-7-5-17(6-8-18)23(30)27-19-9-11-21(32-2)12-10-19/h3-14H,15H2,1-2H3,(H,27,30)(H,28,31). The van der Waals surface area contributed by atoms with Crippen molar-refractivity contribution in [1.29, 1.82) is 0 Å². The zero-order chi connectivity index (χ0) is 23.9. The highest BCUT2D eigenvalue weighted by molar-refractivity contribution is 7.98. The second-order valence-corrected chi connectivity index (χ2v) is 8.25. The number of pyridine rings is 1. The molecular weight excluding hydrogens is 452 g/mol. The van der Waals surface area contributed by atoms with Gasteiger partial charge >= 0.3 is 0 Å². The third-order valence-electron chi connectivity index (χ3n) is 4.80. The number of ether oxygens (including phenoxy) is 1. The van der Waals surface area contributed by atoms with E-state index in [0.717, 1.165) is 11.5 Å². The van der Waals surface area contributed by atoms with Crippen LogP contribution in [0.2, 0.25) is 0 Å². The van der Waals surface area contributed by atoms with Crippen LogP contribution in [0.4, 0.5) is 11.4 Å². The summed E-state index contributed by atoms with van der Waals surface area (Å²) in [5, 5.41) is 10.2. The zero-order valence-corrected chi connectivity index (χ0v) is 19.4. The Labute approximate surface area is 200 Å². The Morgan fingerprint density at radius 1 is 0.971 bits per heavy atom. The zero-order valence-electron chi connectivity index (χ0n) is 18.6. The predicted octanol–water partition coefficient (Wildman–Crippen LogP) is 5.18. The number of benzene rings is 2. The molecule has 2 aromatic carbocycles. The van der Waals surface area contributed by atoms with Gasteiger partial charge in [-0.3, -0.25) is 9.59 Å². The number of hydrogen-bond acceptors (Lipinski definition) is 7. The lowest BCUT2D eigenvalue weighted by molar-refractivity contribution is 0.101. The molecule has 2 heterocycles. The SMILES string of the molecule is COc1ccc(NC(=O)c2ccc(NC(=O)c3cccnc3SCc3cc(C)on3)cc2)cc1. The van der Waals surface area contributed by atoms with E-state index < -0.39 is 0 Å². The first kappa shape index (κ1) is 23.1. The molecule has 0 bridgehead atoms. The van der Waals surface area contributed by atoms with E-state index in [1.54, 1.807) is 74.0 Å². The van der Waals surface area contributed by atoms with Gasteiger partial charge in [-0.05, 0) is 67.6 Å². The maximum atomic E-state index is 12.9. The number of amides is 2. The van der Waals surface area contributed by atoms with Crippen LogP contribution >= 0.6 is 11.8 Å². The summed E-state index contributed by atoms with van der Waals surface area (Å²) < 4.78 is 10.2. The Balaban J connectivity index is 1.38. The molecular formula is C25H22N4O4S. The first-order chi connectivity index (χ1) is 16.5. The smallest absolute Gasteiger partial charge is 0.258 e. The van der Waals surface area contributed by atoms with Crippen LogP contribution in [0.15, 0.2) is 82.5 Å². The Kier molecular flexibility index (Phi) is 7.24. The summed E-state index contributed by atoms with van der Waals surface area (Å²) in [4.78, 5) is 29.7. The molecule has 4 rings (SSSR count). The number of rotatable bonds is 8. The van der Waals surface area contributed by atoms with E-state index in [0.29, 0.717) is 39.0 Å². The van der Waals surface area contributed by atoms with E-state index in [2.05, 4.69) is 20.8 Å². The summed E-state index contributed by atoms with van der Waals surface area (Å²) in [6.45, 7) is 1.83. The molecule has 8 nitrogen and oxygen atoms in total. The number of aryl methyl sites for hydroxylation is 1. The first-order valence-corrected chi connectivity index (χ1v) is 11.4. The molecule has 9 heteroatoms. The summed E-state index contributed by atoms with van der Waals surface area (Å²) in [7, 11) is 1.58. The lowest BCUT2D eigenvalue weighted by Gasteiger charge is -2.10.